The van der Waals surface area contributed by atoms with E-state index in [1.807, 2.05) is 53.2 Å². The number of hydrogen-bond acceptors (Lipinski definition) is 5. The molecule has 174 valence electrons. The average molecular weight is 466 g/mol. The fourth-order valence-corrected chi connectivity index (χ4v) is 3.81. The van der Waals surface area contributed by atoms with Crippen molar-refractivity contribution in [2.45, 2.75) is 6.54 Å². The highest BCUT2D eigenvalue weighted by molar-refractivity contribution is 6.10. The molecule has 3 aromatic carbocycles. The zero-order valence-corrected chi connectivity index (χ0v) is 19.3. The Morgan fingerprint density at radius 3 is 2.51 bits per heavy atom. The Bertz CT molecular complexity index is 1460. The molecule has 0 saturated heterocycles. The van der Waals surface area contributed by atoms with Gasteiger partial charge in [-0.25, -0.2) is 4.79 Å². The minimum atomic E-state index is -0.500. The normalized spacial score (nSPS) is 11.1. The maximum Gasteiger partial charge on any atom is 0.337 e. The molecule has 0 aliphatic heterocycles. The molecule has 4 rings (SSSR count). The summed E-state index contributed by atoms with van der Waals surface area (Å²) in [4.78, 5) is 24.7. The van der Waals surface area contributed by atoms with E-state index in [-0.39, 0.29) is 5.57 Å². The van der Waals surface area contributed by atoms with Crippen molar-refractivity contribution in [3.8, 4) is 11.8 Å². The maximum atomic E-state index is 12.8. The summed E-state index contributed by atoms with van der Waals surface area (Å²) in [6.45, 7) is 0.499. The molecule has 0 bridgehead atoms. The SMILES string of the molecule is COC(=O)c1cccc(Cn2cc(/C=C(/C#N)C(=O)Nc3ccc(OC)cc3)c3ccccc32)c1. The highest BCUT2D eigenvalue weighted by Crippen LogP contribution is 2.25. The number of para-hydroxylation sites is 1. The van der Waals surface area contributed by atoms with Gasteiger partial charge in [-0.3, -0.25) is 4.79 Å². The predicted molar refractivity (Wildman–Crippen MR) is 134 cm³/mol. The Kier molecular flexibility index (Phi) is 6.94. The van der Waals surface area contributed by atoms with E-state index in [0.29, 0.717) is 23.5 Å². The van der Waals surface area contributed by atoms with Gasteiger partial charge in [0.1, 0.15) is 17.4 Å². The summed E-state index contributed by atoms with van der Waals surface area (Å²) in [5.74, 6) is -0.223. The van der Waals surface area contributed by atoms with Crippen molar-refractivity contribution in [2.75, 3.05) is 19.5 Å². The van der Waals surface area contributed by atoms with E-state index in [2.05, 4.69) is 5.32 Å². The second-order valence-corrected chi connectivity index (χ2v) is 7.77. The topological polar surface area (TPSA) is 93.4 Å². The molecule has 1 aromatic heterocycles. The van der Waals surface area contributed by atoms with Crippen LogP contribution in [-0.4, -0.2) is 30.7 Å². The number of nitrogens with one attached hydrogen (secondary N) is 1. The van der Waals surface area contributed by atoms with E-state index in [1.165, 1.54) is 7.11 Å². The molecule has 35 heavy (non-hydrogen) atoms. The number of rotatable bonds is 7. The maximum absolute atomic E-state index is 12.8. The van der Waals surface area contributed by atoms with E-state index in [4.69, 9.17) is 9.47 Å². The van der Waals surface area contributed by atoms with Crippen molar-refractivity contribution in [3.05, 3.63) is 101 Å². The predicted octanol–water partition coefficient (Wildman–Crippen LogP) is 5.03. The number of aromatic nitrogens is 1. The number of carbonyl (C=O) groups excluding carboxylic acids is 2. The number of carbonyl (C=O) groups is 2. The fraction of sp³-hybridized carbons (Fsp3) is 0.107. The third-order valence-electron chi connectivity index (χ3n) is 5.53. The summed E-state index contributed by atoms with van der Waals surface area (Å²) in [5, 5.41) is 13.3. The van der Waals surface area contributed by atoms with Crippen molar-refractivity contribution in [1.29, 1.82) is 5.26 Å². The number of benzene rings is 3. The monoisotopic (exact) mass is 465 g/mol. The second kappa shape index (κ2) is 10.4. The molecule has 7 nitrogen and oxygen atoms in total. The van der Waals surface area contributed by atoms with Crippen molar-refractivity contribution in [2.24, 2.45) is 0 Å². The smallest absolute Gasteiger partial charge is 0.337 e. The molecule has 0 aliphatic carbocycles. The largest absolute Gasteiger partial charge is 0.497 e. The standard InChI is InChI=1S/C28H23N3O4/c1-34-24-12-10-23(11-13-24)30-27(32)21(16-29)15-22-18-31(26-9-4-3-8-25(22)26)17-19-6-5-7-20(14-19)28(33)35-2/h3-15,18H,17H2,1-2H3,(H,30,32)/b21-15-. The second-order valence-electron chi connectivity index (χ2n) is 7.77. The van der Waals surface area contributed by atoms with Gasteiger partial charge in [-0.05, 0) is 54.1 Å². The van der Waals surface area contributed by atoms with Crippen LogP contribution < -0.4 is 10.1 Å². The molecule has 0 fully saturated rings. The minimum Gasteiger partial charge on any atom is -0.497 e. The number of amides is 1. The molecule has 0 radical (unpaired) electrons. The number of methoxy groups -OCH3 is 2. The van der Waals surface area contributed by atoms with Gasteiger partial charge in [0.2, 0.25) is 0 Å². The summed E-state index contributed by atoms with van der Waals surface area (Å²) in [7, 11) is 2.92. The molecule has 4 aromatic rings. The lowest BCUT2D eigenvalue weighted by Crippen LogP contribution is -2.13. The van der Waals surface area contributed by atoms with Gasteiger partial charge in [0.15, 0.2) is 0 Å². The van der Waals surface area contributed by atoms with Crippen molar-refractivity contribution in [3.63, 3.8) is 0 Å². The molecule has 0 unspecified atom stereocenters. The zero-order chi connectivity index (χ0) is 24.8. The van der Waals surface area contributed by atoms with Gasteiger partial charge in [0.25, 0.3) is 5.91 Å². The number of ether oxygens (including phenoxy) is 2. The van der Waals surface area contributed by atoms with Gasteiger partial charge < -0.3 is 19.4 Å². The Hall–Kier alpha value is -4.83. The van der Waals surface area contributed by atoms with E-state index in [9.17, 15) is 14.9 Å². The number of nitriles is 1. The van der Waals surface area contributed by atoms with Crippen LogP contribution in [0.3, 0.4) is 0 Å². The van der Waals surface area contributed by atoms with Crippen molar-refractivity contribution >= 4 is 34.5 Å². The first-order valence-corrected chi connectivity index (χ1v) is 10.8. The van der Waals surface area contributed by atoms with Gasteiger partial charge >= 0.3 is 5.97 Å². The molecule has 1 heterocycles. The van der Waals surface area contributed by atoms with E-state index in [1.54, 1.807) is 49.6 Å². The molecular weight excluding hydrogens is 442 g/mol. The number of fused-ring (bicyclic) bond motifs is 1. The van der Waals surface area contributed by atoms with E-state index in [0.717, 1.165) is 22.0 Å². The van der Waals surface area contributed by atoms with Gasteiger partial charge in [0.05, 0.1) is 19.8 Å². The summed E-state index contributed by atoms with van der Waals surface area (Å²) >= 11 is 0. The Labute approximate surface area is 202 Å². The first-order chi connectivity index (χ1) is 17.0. The molecule has 7 heteroatoms. The highest BCUT2D eigenvalue weighted by Gasteiger charge is 2.14. The number of esters is 1. The third-order valence-corrected chi connectivity index (χ3v) is 5.53. The average Bonchev–Trinajstić information content (AvgIpc) is 3.24. The van der Waals surface area contributed by atoms with Crippen LogP contribution in [0.4, 0.5) is 5.69 Å². The number of nitrogens with zero attached hydrogens (tertiary/aromatic N) is 2. The fourth-order valence-electron chi connectivity index (χ4n) is 3.81. The number of anilines is 1. The van der Waals surface area contributed by atoms with Crippen LogP contribution in [0.25, 0.3) is 17.0 Å². The molecule has 1 N–H and O–H groups in total. The van der Waals surface area contributed by atoms with Crippen LogP contribution in [0.5, 0.6) is 5.75 Å². The molecule has 0 aliphatic rings. The first-order valence-electron chi connectivity index (χ1n) is 10.8. The lowest BCUT2D eigenvalue weighted by Gasteiger charge is -2.07. The molecule has 1 amide bonds. The van der Waals surface area contributed by atoms with Crippen molar-refractivity contribution < 1.29 is 19.1 Å². The molecule has 0 atom stereocenters. The van der Waals surface area contributed by atoms with Crippen LogP contribution in [0, 0.1) is 11.3 Å². The molecule has 0 spiro atoms. The van der Waals surface area contributed by atoms with Crippen LogP contribution >= 0.6 is 0 Å². The van der Waals surface area contributed by atoms with Crippen LogP contribution in [0.15, 0.2) is 84.6 Å². The lowest BCUT2D eigenvalue weighted by molar-refractivity contribution is -0.112. The van der Waals surface area contributed by atoms with Gasteiger partial charge in [-0.15, -0.1) is 0 Å². The van der Waals surface area contributed by atoms with Crippen LogP contribution in [0.2, 0.25) is 0 Å². The summed E-state index contributed by atoms with van der Waals surface area (Å²) < 4.78 is 12.0. The highest BCUT2D eigenvalue weighted by atomic mass is 16.5. The number of hydrogen-bond donors (Lipinski definition) is 1. The summed E-state index contributed by atoms with van der Waals surface area (Å²) in [6.07, 6.45) is 3.48. The van der Waals surface area contributed by atoms with E-state index < -0.39 is 11.9 Å². The third kappa shape index (κ3) is 5.23. The molecule has 0 saturated carbocycles. The van der Waals surface area contributed by atoms with Gasteiger partial charge in [-0.2, -0.15) is 5.26 Å². The quantitative estimate of drug-likeness (QED) is 0.235. The Morgan fingerprint density at radius 1 is 1.03 bits per heavy atom. The zero-order valence-electron chi connectivity index (χ0n) is 19.3. The van der Waals surface area contributed by atoms with Crippen molar-refractivity contribution in [1.82, 2.24) is 4.57 Å². The first kappa shape index (κ1) is 23.3. The summed E-state index contributed by atoms with van der Waals surface area (Å²) in [5.41, 5.74) is 3.62. The lowest BCUT2D eigenvalue weighted by atomic mass is 10.1. The Balaban J connectivity index is 1.64. The van der Waals surface area contributed by atoms with Gasteiger partial charge in [0, 0.05) is 34.9 Å². The minimum absolute atomic E-state index is 0.0172. The van der Waals surface area contributed by atoms with E-state index >= 15 is 0 Å². The van der Waals surface area contributed by atoms with Crippen LogP contribution in [-0.2, 0) is 16.1 Å². The molecular formula is C28H23N3O4. The Morgan fingerprint density at radius 2 is 1.80 bits per heavy atom. The van der Waals surface area contributed by atoms with Gasteiger partial charge in [-0.1, -0.05) is 30.3 Å². The summed E-state index contributed by atoms with van der Waals surface area (Å²) in [6, 6.07) is 23.9. The van der Waals surface area contributed by atoms with Crippen LogP contribution in [0.1, 0.15) is 21.5 Å².